The SMILES string of the molecule is O=C(C1CCCC1)N1CCOC[C@@H]1c1noc(-c2ccccc2)n1. The molecule has 4 rings (SSSR count). The Kier molecular flexibility index (Phi) is 4.30. The van der Waals surface area contributed by atoms with Crippen molar-refractivity contribution in [1.29, 1.82) is 0 Å². The lowest BCUT2D eigenvalue weighted by Gasteiger charge is -2.35. The summed E-state index contributed by atoms with van der Waals surface area (Å²) in [5, 5.41) is 4.12. The summed E-state index contributed by atoms with van der Waals surface area (Å²) in [5.41, 5.74) is 0.877. The normalized spacial score (nSPS) is 22.0. The third-order valence-corrected chi connectivity index (χ3v) is 4.88. The van der Waals surface area contributed by atoms with Gasteiger partial charge in [-0.1, -0.05) is 36.2 Å². The number of hydrogen-bond acceptors (Lipinski definition) is 5. The lowest BCUT2D eigenvalue weighted by molar-refractivity contribution is -0.144. The molecule has 6 nitrogen and oxygen atoms in total. The Morgan fingerprint density at radius 3 is 2.75 bits per heavy atom. The van der Waals surface area contributed by atoms with Gasteiger partial charge in [-0.15, -0.1) is 0 Å². The molecule has 6 heteroatoms. The molecule has 1 aromatic carbocycles. The third-order valence-electron chi connectivity index (χ3n) is 4.88. The van der Waals surface area contributed by atoms with Gasteiger partial charge in [0.15, 0.2) is 5.82 Å². The highest BCUT2D eigenvalue weighted by molar-refractivity contribution is 5.79. The van der Waals surface area contributed by atoms with Gasteiger partial charge >= 0.3 is 0 Å². The van der Waals surface area contributed by atoms with Crippen LogP contribution in [0.3, 0.4) is 0 Å². The van der Waals surface area contributed by atoms with Gasteiger partial charge in [-0.25, -0.2) is 0 Å². The van der Waals surface area contributed by atoms with Gasteiger partial charge in [0.05, 0.1) is 13.2 Å². The van der Waals surface area contributed by atoms with Crippen molar-refractivity contribution in [3.8, 4) is 11.5 Å². The van der Waals surface area contributed by atoms with E-state index in [9.17, 15) is 4.79 Å². The number of ether oxygens (including phenoxy) is 1. The van der Waals surface area contributed by atoms with E-state index < -0.39 is 0 Å². The molecule has 1 aromatic heterocycles. The van der Waals surface area contributed by atoms with E-state index in [1.54, 1.807) is 0 Å². The van der Waals surface area contributed by atoms with Gasteiger partial charge in [0.1, 0.15) is 6.04 Å². The zero-order valence-corrected chi connectivity index (χ0v) is 13.6. The van der Waals surface area contributed by atoms with Gasteiger partial charge in [-0.2, -0.15) is 4.98 Å². The largest absolute Gasteiger partial charge is 0.377 e. The van der Waals surface area contributed by atoms with Crippen molar-refractivity contribution in [2.45, 2.75) is 31.7 Å². The molecule has 1 atom stereocenters. The Morgan fingerprint density at radius 1 is 1.17 bits per heavy atom. The van der Waals surface area contributed by atoms with Crippen LogP contribution in [0.25, 0.3) is 11.5 Å². The highest BCUT2D eigenvalue weighted by atomic mass is 16.5. The highest BCUT2D eigenvalue weighted by Gasteiger charge is 2.36. The number of amides is 1. The molecule has 0 N–H and O–H groups in total. The minimum atomic E-state index is -0.256. The van der Waals surface area contributed by atoms with Crippen molar-refractivity contribution in [2.24, 2.45) is 5.92 Å². The third kappa shape index (κ3) is 2.94. The summed E-state index contributed by atoms with van der Waals surface area (Å²) >= 11 is 0. The summed E-state index contributed by atoms with van der Waals surface area (Å²) in [5.74, 6) is 1.36. The van der Waals surface area contributed by atoms with E-state index in [2.05, 4.69) is 10.1 Å². The Labute approximate surface area is 140 Å². The molecular formula is C18H21N3O3. The number of carbonyl (C=O) groups excluding carboxylic acids is 1. The second-order valence-corrected chi connectivity index (χ2v) is 6.43. The topological polar surface area (TPSA) is 68.5 Å². The molecule has 1 aliphatic carbocycles. The van der Waals surface area contributed by atoms with Crippen LogP contribution in [-0.4, -0.2) is 40.7 Å². The zero-order valence-electron chi connectivity index (χ0n) is 13.6. The van der Waals surface area contributed by atoms with Crippen LogP contribution < -0.4 is 0 Å². The van der Waals surface area contributed by atoms with Crippen molar-refractivity contribution in [3.63, 3.8) is 0 Å². The van der Waals surface area contributed by atoms with Crippen molar-refractivity contribution in [2.75, 3.05) is 19.8 Å². The van der Waals surface area contributed by atoms with Crippen LogP contribution >= 0.6 is 0 Å². The summed E-state index contributed by atoms with van der Waals surface area (Å²) in [4.78, 5) is 19.2. The van der Waals surface area contributed by atoms with Crippen LogP contribution in [0.1, 0.15) is 37.5 Å². The maximum atomic E-state index is 12.8. The second kappa shape index (κ2) is 6.73. The fourth-order valence-corrected chi connectivity index (χ4v) is 3.56. The molecule has 2 heterocycles. The highest BCUT2D eigenvalue weighted by Crippen LogP contribution is 2.31. The van der Waals surface area contributed by atoms with Crippen LogP contribution in [-0.2, 0) is 9.53 Å². The molecule has 0 radical (unpaired) electrons. The van der Waals surface area contributed by atoms with Gasteiger partial charge in [-0.05, 0) is 25.0 Å². The minimum absolute atomic E-state index is 0.145. The molecule has 0 unspecified atom stereocenters. The number of carbonyl (C=O) groups is 1. The average molecular weight is 327 g/mol. The summed E-state index contributed by atoms with van der Waals surface area (Å²) in [6.07, 6.45) is 4.27. The van der Waals surface area contributed by atoms with E-state index in [-0.39, 0.29) is 17.9 Å². The van der Waals surface area contributed by atoms with Crippen molar-refractivity contribution < 1.29 is 14.1 Å². The lowest BCUT2D eigenvalue weighted by atomic mass is 10.0. The molecule has 126 valence electrons. The first-order valence-corrected chi connectivity index (χ1v) is 8.60. The lowest BCUT2D eigenvalue weighted by Crippen LogP contribution is -2.46. The van der Waals surface area contributed by atoms with E-state index in [0.717, 1.165) is 31.2 Å². The molecule has 2 aromatic rings. The molecule has 1 saturated carbocycles. The Morgan fingerprint density at radius 2 is 1.96 bits per heavy atom. The van der Waals surface area contributed by atoms with Gasteiger partial charge in [0, 0.05) is 18.0 Å². The standard InChI is InChI=1S/C18H21N3O3/c22-18(14-8-4-5-9-14)21-10-11-23-12-15(21)16-19-17(24-20-16)13-6-2-1-3-7-13/h1-3,6-7,14-15H,4-5,8-12H2/t15-/m1/s1. The number of benzene rings is 1. The maximum absolute atomic E-state index is 12.8. The number of rotatable bonds is 3. The quantitative estimate of drug-likeness (QED) is 0.867. The summed E-state index contributed by atoms with van der Waals surface area (Å²) in [6.45, 7) is 1.58. The second-order valence-electron chi connectivity index (χ2n) is 6.43. The van der Waals surface area contributed by atoms with Crippen molar-refractivity contribution in [1.82, 2.24) is 15.0 Å². The van der Waals surface area contributed by atoms with Crippen molar-refractivity contribution in [3.05, 3.63) is 36.2 Å². The minimum Gasteiger partial charge on any atom is -0.377 e. The van der Waals surface area contributed by atoms with Gasteiger partial charge in [-0.3, -0.25) is 4.79 Å². The summed E-state index contributed by atoms with van der Waals surface area (Å²) in [7, 11) is 0. The first-order valence-electron chi connectivity index (χ1n) is 8.60. The van der Waals surface area contributed by atoms with Gasteiger partial charge in [0.2, 0.25) is 5.91 Å². The molecule has 1 saturated heterocycles. The van der Waals surface area contributed by atoms with Gasteiger partial charge < -0.3 is 14.2 Å². The zero-order chi connectivity index (χ0) is 16.4. The molecule has 2 fully saturated rings. The van der Waals surface area contributed by atoms with Crippen LogP contribution in [0.2, 0.25) is 0 Å². The summed E-state index contributed by atoms with van der Waals surface area (Å²) < 4.78 is 11.0. The van der Waals surface area contributed by atoms with E-state index in [4.69, 9.17) is 9.26 Å². The van der Waals surface area contributed by atoms with Crippen LogP contribution in [0, 0.1) is 5.92 Å². The smallest absolute Gasteiger partial charge is 0.257 e. The Balaban J connectivity index is 1.57. The van der Waals surface area contributed by atoms with Crippen LogP contribution in [0.5, 0.6) is 0 Å². The van der Waals surface area contributed by atoms with E-state index in [1.165, 1.54) is 0 Å². The predicted molar refractivity (Wildman–Crippen MR) is 87.0 cm³/mol. The first kappa shape index (κ1) is 15.3. The number of hydrogen-bond donors (Lipinski definition) is 0. The number of nitrogens with zero attached hydrogens (tertiary/aromatic N) is 3. The Hall–Kier alpha value is -2.21. The van der Waals surface area contributed by atoms with E-state index >= 15 is 0 Å². The molecule has 2 aliphatic rings. The molecule has 1 aliphatic heterocycles. The van der Waals surface area contributed by atoms with E-state index in [0.29, 0.717) is 31.5 Å². The van der Waals surface area contributed by atoms with Crippen molar-refractivity contribution >= 4 is 5.91 Å². The van der Waals surface area contributed by atoms with Crippen LogP contribution in [0.4, 0.5) is 0 Å². The van der Waals surface area contributed by atoms with Gasteiger partial charge in [0.25, 0.3) is 5.89 Å². The maximum Gasteiger partial charge on any atom is 0.257 e. The molecule has 24 heavy (non-hydrogen) atoms. The fraction of sp³-hybridized carbons (Fsp3) is 0.500. The molecule has 0 spiro atoms. The molecule has 0 bridgehead atoms. The monoisotopic (exact) mass is 327 g/mol. The predicted octanol–water partition coefficient (Wildman–Crippen LogP) is 2.83. The fourth-order valence-electron chi connectivity index (χ4n) is 3.56. The summed E-state index contributed by atoms with van der Waals surface area (Å²) in [6, 6.07) is 9.40. The Bertz CT molecular complexity index is 695. The average Bonchev–Trinajstić information content (AvgIpc) is 3.34. The molecule has 1 amide bonds. The van der Waals surface area contributed by atoms with Crippen LogP contribution in [0.15, 0.2) is 34.9 Å². The molecular weight excluding hydrogens is 306 g/mol. The first-order chi connectivity index (χ1) is 11.8. The number of aromatic nitrogens is 2. The number of morpholine rings is 1. The van der Waals surface area contributed by atoms with E-state index in [1.807, 2.05) is 35.2 Å².